The van der Waals surface area contributed by atoms with Crippen molar-refractivity contribution in [2.45, 2.75) is 58.8 Å². The van der Waals surface area contributed by atoms with Gasteiger partial charge in [-0.25, -0.2) is 9.59 Å². The Balaban J connectivity index is 1.75. The average molecular weight is 534 g/mol. The molecule has 0 aliphatic heterocycles. The van der Waals surface area contributed by atoms with Gasteiger partial charge in [0.15, 0.2) is 0 Å². The first-order chi connectivity index (χ1) is 18.5. The van der Waals surface area contributed by atoms with Crippen LogP contribution in [0.15, 0.2) is 72.8 Å². The van der Waals surface area contributed by atoms with Gasteiger partial charge in [-0.3, -0.25) is 0 Å². The molecule has 0 heterocycles. The molecule has 3 aromatic rings. The van der Waals surface area contributed by atoms with E-state index in [1.165, 1.54) is 7.11 Å². The van der Waals surface area contributed by atoms with Crippen molar-refractivity contribution in [3.05, 3.63) is 89.5 Å². The summed E-state index contributed by atoms with van der Waals surface area (Å²) >= 11 is 0. The number of rotatable bonds is 10. The van der Waals surface area contributed by atoms with Crippen LogP contribution in [0.25, 0.3) is 11.1 Å². The summed E-state index contributed by atoms with van der Waals surface area (Å²) in [5.41, 5.74) is 3.39. The summed E-state index contributed by atoms with van der Waals surface area (Å²) in [6.45, 7) is 9.80. The molecule has 7 heteroatoms. The Hall–Kier alpha value is -3.84. The molecule has 0 aliphatic carbocycles. The highest BCUT2D eigenvalue weighted by atomic mass is 16.6. The summed E-state index contributed by atoms with van der Waals surface area (Å²) in [5.74, 6) is 0.0304. The second-order valence-corrected chi connectivity index (χ2v) is 10.7. The molecule has 7 nitrogen and oxygen atoms in total. The molecular weight excluding hydrogens is 494 g/mol. The fourth-order valence-corrected chi connectivity index (χ4v) is 4.03. The van der Waals surface area contributed by atoms with E-state index in [1.54, 1.807) is 11.0 Å². The molecule has 0 unspecified atom stereocenters. The molecule has 0 bridgehead atoms. The number of aliphatic hydroxyl groups excluding tert-OH is 1. The number of hydrogen-bond acceptors (Lipinski definition) is 6. The predicted octanol–water partition coefficient (Wildman–Crippen LogP) is 6.44. The van der Waals surface area contributed by atoms with Gasteiger partial charge in [-0.1, -0.05) is 60.7 Å². The van der Waals surface area contributed by atoms with Crippen LogP contribution in [-0.2, 0) is 15.9 Å². The van der Waals surface area contributed by atoms with Gasteiger partial charge >= 0.3 is 12.1 Å². The van der Waals surface area contributed by atoms with Gasteiger partial charge in [0.25, 0.3) is 0 Å². The van der Waals surface area contributed by atoms with Crippen LogP contribution in [0.4, 0.5) is 4.79 Å². The summed E-state index contributed by atoms with van der Waals surface area (Å²) in [4.78, 5) is 26.6. The highest BCUT2D eigenvalue weighted by molar-refractivity contribution is 5.93. The Bertz CT molecular complexity index is 1230. The zero-order chi connectivity index (χ0) is 28.6. The van der Waals surface area contributed by atoms with E-state index in [2.05, 4.69) is 0 Å². The van der Waals surface area contributed by atoms with Crippen molar-refractivity contribution in [3.63, 3.8) is 0 Å². The van der Waals surface area contributed by atoms with Crippen LogP contribution >= 0.6 is 0 Å². The summed E-state index contributed by atoms with van der Waals surface area (Å²) < 4.78 is 16.4. The molecule has 3 rings (SSSR count). The first-order valence-corrected chi connectivity index (χ1v) is 13.2. The summed E-state index contributed by atoms with van der Waals surface area (Å²) in [6, 6.07) is 22.7. The number of hydrogen-bond donors (Lipinski definition) is 1. The van der Waals surface area contributed by atoms with Crippen molar-refractivity contribution in [2.75, 3.05) is 20.2 Å². The standard InChI is InChI=1S/C32H39NO6/c1-22(2)38-29-20-26(16-17-27(29)30(35)37-6)24-14-12-23(13-15-24)18-19-33(31(36)39-32(3,4)5)21-28(34)25-10-8-7-9-11-25/h7-17,20,22,28,34H,18-19,21H2,1-6H3/t28-/m1/s1. The van der Waals surface area contributed by atoms with Gasteiger partial charge in [-0.15, -0.1) is 0 Å². The lowest BCUT2D eigenvalue weighted by Crippen LogP contribution is -2.40. The third-order valence-electron chi connectivity index (χ3n) is 5.94. The van der Waals surface area contributed by atoms with E-state index in [4.69, 9.17) is 14.2 Å². The highest BCUT2D eigenvalue weighted by Crippen LogP contribution is 2.29. The number of aliphatic hydroxyl groups is 1. The topological polar surface area (TPSA) is 85.3 Å². The largest absolute Gasteiger partial charge is 0.490 e. The average Bonchev–Trinajstić information content (AvgIpc) is 2.90. The molecule has 0 aromatic heterocycles. The molecule has 0 fully saturated rings. The Morgan fingerprint density at radius 3 is 2.15 bits per heavy atom. The fraction of sp³-hybridized carbons (Fsp3) is 0.375. The molecule has 0 saturated heterocycles. The van der Waals surface area contributed by atoms with Crippen LogP contribution in [0.1, 0.15) is 62.2 Å². The van der Waals surface area contributed by atoms with Gasteiger partial charge < -0.3 is 24.2 Å². The van der Waals surface area contributed by atoms with Crippen molar-refractivity contribution in [1.29, 1.82) is 0 Å². The van der Waals surface area contributed by atoms with Gasteiger partial charge in [-0.2, -0.15) is 0 Å². The predicted molar refractivity (Wildman–Crippen MR) is 152 cm³/mol. The van der Waals surface area contributed by atoms with Crippen molar-refractivity contribution >= 4 is 12.1 Å². The minimum atomic E-state index is -0.823. The Morgan fingerprint density at radius 2 is 1.56 bits per heavy atom. The van der Waals surface area contributed by atoms with Crippen LogP contribution in [-0.4, -0.2) is 54.0 Å². The quantitative estimate of drug-likeness (QED) is 0.302. The molecule has 39 heavy (non-hydrogen) atoms. The fourth-order valence-electron chi connectivity index (χ4n) is 4.03. The summed E-state index contributed by atoms with van der Waals surface area (Å²) in [6.07, 6.45) is -0.794. The minimum Gasteiger partial charge on any atom is -0.490 e. The molecular formula is C32H39NO6. The molecule has 208 valence electrons. The molecule has 1 N–H and O–H groups in total. The monoisotopic (exact) mass is 533 g/mol. The SMILES string of the molecule is COC(=O)c1ccc(-c2ccc(CCN(C[C@@H](O)c3ccccc3)C(=O)OC(C)(C)C)cc2)cc1OC(C)C. The van der Waals surface area contributed by atoms with Gasteiger partial charge in [0.1, 0.15) is 16.9 Å². The van der Waals surface area contributed by atoms with Gasteiger partial charge in [0, 0.05) is 6.54 Å². The zero-order valence-electron chi connectivity index (χ0n) is 23.6. The number of esters is 1. The first kappa shape index (κ1) is 29.7. The highest BCUT2D eigenvalue weighted by Gasteiger charge is 2.24. The number of carbonyl (C=O) groups excluding carboxylic acids is 2. The molecule has 0 aliphatic rings. The van der Waals surface area contributed by atoms with Crippen LogP contribution in [0.2, 0.25) is 0 Å². The van der Waals surface area contributed by atoms with E-state index in [0.717, 1.165) is 22.3 Å². The number of benzene rings is 3. The van der Waals surface area contributed by atoms with Crippen molar-refractivity contribution in [1.82, 2.24) is 4.90 Å². The lowest BCUT2D eigenvalue weighted by atomic mass is 10.0. The second kappa shape index (κ2) is 13.3. The maximum atomic E-state index is 12.9. The normalized spacial score (nSPS) is 12.1. The molecule has 0 spiro atoms. The van der Waals surface area contributed by atoms with Crippen molar-refractivity contribution in [3.8, 4) is 16.9 Å². The smallest absolute Gasteiger partial charge is 0.410 e. The Labute approximate surface area is 231 Å². The Morgan fingerprint density at radius 1 is 0.923 bits per heavy atom. The number of nitrogens with zero attached hydrogens (tertiary/aromatic N) is 1. The van der Waals surface area contributed by atoms with E-state index in [9.17, 15) is 14.7 Å². The molecule has 1 amide bonds. The molecule has 3 aromatic carbocycles. The van der Waals surface area contributed by atoms with Crippen LogP contribution in [0, 0.1) is 0 Å². The molecule has 1 atom stereocenters. The minimum absolute atomic E-state index is 0.0978. The Kier molecular flexibility index (Phi) is 10.1. The van der Waals surface area contributed by atoms with Gasteiger partial charge in [-0.05, 0) is 75.4 Å². The zero-order valence-corrected chi connectivity index (χ0v) is 23.6. The third-order valence-corrected chi connectivity index (χ3v) is 5.94. The van der Waals surface area contributed by atoms with Crippen molar-refractivity contribution in [2.24, 2.45) is 0 Å². The van der Waals surface area contributed by atoms with Crippen LogP contribution in [0.3, 0.4) is 0 Å². The summed E-state index contributed by atoms with van der Waals surface area (Å²) in [5, 5.41) is 10.8. The van der Waals surface area contributed by atoms with E-state index >= 15 is 0 Å². The van der Waals surface area contributed by atoms with E-state index in [0.29, 0.717) is 24.3 Å². The van der Waals surface area contributed by atoms with Crippen LogP contribution in [0.5, 0.6) is 5.75 Å². The molecule has 0 radical (unpaired) electrons. The van der Waals surface area contributed by atoms with Gasteiger partial charge in [0.2, 0.25) is 0 Å². The van der Waals surface area contributed by atoms with Crippen LogP contribution < -0.4 is 4.74 Å². The number of methoxy groups -OCH3 is 1. The number of ether oxygens (including phenoxy) is 3. The summed E-state index contributed by atoms with van der Waals surface area (Å²) in [7, 11) is 1.35. The third kappa shape index (κ3) is 8.86. The van der Waals surface area contributed by atoms with E-state index < -0.39 is 23.8 Å². The first-order valence-electron chi connectivity index (χ1n) is 13.2. The van der Waals surface area contributed by atoms with Crippen molar-refractivity contribution < 1.29 is 28.9 Å². The molecule has 0 saturated carbocycles. The maximum Gasteiger partial charge on any atom is 0.410 e. The van der Waals surface area contributed by atoms with E-state index in [-0.39, 0.29) is 12.6 Å². The lowest BCUT2D eigenvalue weighted by Gasteiger charge is -2.29. The number of amides is 1. The van der Waals surface area contributed by atoms with E-state index in [1.807, 2.05) is 101 Å². The number of carbonyl (C=O) groups is 2. The second-order valence-electron chi connectivity index (χ2n) is 10.7. The van der Waals surface area contributed by atoms with Gasteiger partial charge in [0.05, 0.1) is 25.9 Å². The lowest BCUT2D eigenvalue weighted by molar-refractivity contribution is 0.0147. The maximum absolute atomic E-state index is 12.9.